The molecule has 2 aromatic rings. The molecule has 0 aliphatic carbocycles. The van der Waals surface area contributed by atoms with Gasteiger partial charge in [0.15, 0.2) is 0 Å². The molecule has 3 amide bonds. The number of fused-ring (bicyclic) bond motifs is 1. The van der Waals surface area contributed by atoms with Gasteiger partial charge in [-0.3, -0.25) is 19.3 Å². The van der Waals surface area contributed by atoms with Crippen LogP contribution in [0, 0.1) is 0 Å². The molecule has 0 radical (unpaired) electrons. The van der Waals surface area contributed by atoms with Crippen molar-refractivity contribution in [2.45, 2.75) is 12.6 Å². The highest BCUT2D eigenvalue weighted by Gasteiger charge is 2.35. The number of nitrogens with zero attached hydrogens (tertiary/aromatic N) is 1. The zero-order valence-electron chi connectivity index (χ0n) is 15.4. The molecular weight excluding hydrogens is 389 g/mol. The molecule has 1 heterocycles. The number of anilines is 1. The fourth-order valence-electron chi connectivity index (χ4n) is 2.95. The summed E-state index contributed by atoms with van der Waals surface area (Å²) in [6, 6.07) is 8.10. The van der Waals surface area contributed by atoms with E-state index >= 15 is 0 Å². The van der Waals surface area contributed by atoms with Crippen molar-refractivity contribution in [2.75, 3.05) is 25.6 Å². The highest BCUT2D eigenvalue weighted by molar-refractivity contribution is 6.22. The van der Waals surface area contributed by atoms with Crippen LogP contribution in [0.25, 0.3) is 0 Å². The Hall–Kier alpha value is -3.20. The van der Waals surface area contributed by atoms with Gasteiger partial charge in [0.05, 0.1) is 16.7 Å². The van der Waals surface area contributed by atoms with Crippen LogP contribution in [-0.2, 0) is 10.9 Å². The first-order chi connectivity index (χ1) is 13.7. The summed E-state index contributed by atoms with van der Waals surface area (Å²) in [5.74, 6) is -1.54. The van der Waals surface area contributed by atoms with Crippen LogP contribution in [0.2, 0.25) is 0 Å². The number of hydrogen-bond acceptors (Lipinski definition) is 4. The lowest BCUT2D eigenvalue weighted by Gasteiger charge is -2.12. The van der Waals surface area contributed by atoms with Crippen molar-refractivity contribution in [1.29, 1.82) is 0 Å². The molecule has 0 unspecified atom stereocenters. The Balaban J connectivity index is 1.74. The maximum atomic E-state index is 12.6. The number of rotatable bonds is 6. The first kappa shape index (κ1) is 20.5. The highest BCUT2D eigenvalue weighted by Crippen LogP contribution is 2.30. The molecule has 0 aromatic heterocycles. The molecule has 3 rings (SSSR count). The van der Waals surface area contributed by atoms with Crippen molar-refractivity contribution < 1.29 is 32.3 Å². The van der Waals surface area contributed by atoms with Crippen molar-refractivity contribution in [2.24, 2.45) is 0 Å². The van der Waals surface area contributed by atoms with E-state index in [1.54, 1.807) is 0 Å². The second-order valence-electron chi connectivity index (χ2n) is 6.40. The standard InChI is InChI=1S/C20H17F3N2O4/c1-29-10-2-9-25-18(27)15-8-3-12(11-16(15)19(25)28)17(26)24-14-6-4-13(5-7-14)20(21,22)23/h3-8,11H,2,9-10H2,1H3,(H,24,26). The zero-order chi connectivity index (χ0) is 21.2. The van der Waals surface area contributed by atoms with Crippen molar-refractivity contribution in [3.05, 3.63) is 64.7 Å². The third-order valence-corrected chi connectivity index (χ3v) is 4.43. The minimum atomic E-state index is -4.47. The van der Waals surface area contributed by atoms with Gasteiger partial charge in [0, 0.05) is 31.5 Å². The summed E-state index contributed by atoms with van der Waals surface area (Å²) in [4.78, 5) is 38.4. The van der Waals surface area contributed by atoms with Crippen LogP contribution < -0.4 is 5.32 Å². The highest BCUT2D eigenvalue weighted by atomic mass is 19.4. The topological polar surface area (TPSA) is 75.7 Å². The third-order valence-electron chi connectivity index (χ3n) is 4.43. The summed E-state index contributed by atoms with van der Waals surface area (Å²) >= 11 is 0. The van der Waals surface area contributed by atoms with E-state index in [-0.39, 0.29) is 28.9 Å². The smallest absolute Gasteiger partial charge is 0.385 e. The van der Waals surface area contributed by atoms with Gasteiger partial charge in [-0.25, -0.2) is 0 Å². The third kappa shape index (κ3) is 4.29. The molecule has 0 atom stereocenters. The lowest BCUT2D eigenvalue weighted by Crippen LogP contribution is -2.31. The summed E-state index contributed by atoms with van der Waals surface area (Å²) < 4.78 is 42.8. The van der Waals surface area contributed by atoms with Gasteiger partial charge in [0.1, 0.15) is 0 Å². The number of amides is 3. The first-order valence-electron chi connectivity index (χ1n) is 8.70. The van der Waals surface area contributed by atoms with Gasteiger partial charge < -0.3 is 10.1 Å². The SMILES string of the molecule is COCCCN1C(=O)c2ccc(C(=O)Nc3ccc(C(F)(F)F)cc3)cc2C1=O. The number of alkyl halides is 3. The number of benzene rings is 2. The van der Waals surface area contributed by atoms with Crippen LogP contribution in [0.1, 0.15) is 43.1 Å². The van der Waals surface area contributed by atoms with E-state index in [1.165, 1.54) is 25.3 Å². The van der Waals surface area contributed by atoms with Crippen molar-refractivity contribution in [3.63, 3.8) is 0 Å². The Morgan fingerprint density at radius 2 is 1.69 bits per heavy atom. The average molecular weight is 406 g/mol. The molecule has 0 fully saturated rings. The molecule has 1 aliphatic heterocycles. The van der Waals surface area contributed by atoms with Crippen LogP contribution in [0.5, 0.6) is 0 Å². The van der Waals surface area contributed by atoms with Crippen molar-refractivity contribution in [3.8, 4) is 0 Å². The number of nitrogens with one attached hydrogen (secondary N) is 1. The molecule has 29 heavy (non-hydrogen) atoms. The number of imide groups is 1. The number of carbonyl (C=O) groups excluding carboxylic acids is 3. The van der Waals surface area contributed by atoms with E-state index < -0.39 is 29.5 Å². The van der Waals surface area contributed by atoms with E-state index in [4.69, 9.17) is 4.74 Å². The Bertz CT molecular complexity index is 955. The molecule has 0 saturated heterocycles. The van der Waals surface area contributed by atoms with Gasteiger partial charge in [0.2, 0.25) is 0 Å². The Kier molecular flexibility index (Phi) is 5.69. The maximum absolute atomic E-state index is 12.6. The molecular formula is C20H17F3N2O4. The van der Waals surface area contributed by atoms with E-state index in [0.717, 1.165) is 29.2 Å². The lowest BCUT2D eigenvalue weighted by atomic mass is 10.1. The fourth-order valence-corrected chi connectivity index (χ4v) is 2.95. The summed E-state index contributed by atoms with van der Waals surface area (Å²) in [6.45, 7) is 0.599. The van der Waals surface area contributed by atoms with Gasteiger partial charge in [-0.15, -0.1) is 0 Å². The average Bonchev–Trinajstić information content (AvgIpc) is 2.92. The predicted octanol–water partition coefficient (Wildman–Crippen LogP) is 3.59. The Morgan fingerprint density at radius 1 is 1.03 bits per heavy atom. The Morgan fingerprint density at radius 3 is 2.31 bits per heavy atom. The molecule has 2 aromatic carbocycles. The largest absolute Gasteiger partial charge is 0.416 e. The molecule has 1 N–H and O–H groups in total. The quantitative estimate of drug-likeness (QED) is 0.588. The fraction of sp³-hybridized carbons (Fsp3) is 0.250. The number of halogens is 3. The number of carbonyl (C=O) groups is 3. The maximum Gasteiger partial charge on any atom is 0.416 e. The van der Waals surface area contributed by atoms with Gasteiger partial charge in [0.25, 0.3) is 17.7 Å². The normalized spacial score (nSPS) is 13.6. The van der Waals surface area contributed by atoms with E-state index in [0.29, 0.717) is 13.0 Å². The minimum absolute atomic E-state index is 0.114. The molecule has 6 nitrogen and oxygen atoms in total. The molecule has 0 saturated carbocycles. The summed E-state index contributed by atoms with van der Waals surface area (Å²) in [7, 11) is 1.52. The molecule has 0 spiro atoms. The summed E-state index contributed by atoms with van der Waals surface area (Å²) in [5, 5.41) is 2.47. The second kappa shape index (κ2) is 8.04. The lowest BCUT2D eigenvalue weighted by molar-refractivity contribution is -0.137. The molecule has 152 valence electrons. The van der Waals surface area contributed by atoms with Crippen LogP contribution in [-0.4, -0.2) is 42.9 Å². The van der Waals surface area contributed by atoms with Crippen LogP contribution in [0.3, 0.4) is 0 Å². The van der Waals surface area contributed by atoms with Gasteiger partial charge in [-0.2, -0.15) is 13.2 Å². The minimum Gasteiger partial charge on any atom is -0.385 e. The second-order valence-corrected chi connectivity index (χ2v) is 6.40. The van der Waals surface area contributed by atoms with Crippen LogP contribution >= 0.6 is 0 Å². The van der Waals surface area contributed by atoms with Gasteiger partial charge in [-0.1, -0.05) is 0 Å². The molecule has 9 heteroatoms. The van der Waals surface area contributed by atoms with E-state index in [1.807, 2.05) is 0 Å². The number of ether oxygens (including phenoxy) is 1. The van der Waals surface area contributed by atoms with Crippen molar-refractivity contribution >= 4 is 23.4 Å². The van der Waals surface area contributed by atoms with Crippen LogP contribution in [0.15, 0.2) is 42.5 Å². The molecule has 0 bridgehead atoms. The van der Waals surface area contributed by atoms with Gasteiger partial charge >= 0.3 is 6.18 Å². The predicted molar refractivity (Wildman–Crippen MR) is 97.7 cm³/mol. The van der Waals surface area contributed by atoms with Crippen LogP contribution in [0.4, 0.5) is 18.9 Å². The molecule has 1 aliphatic rings. The monoisotopic (exact) mass is 406 g/mol. The number of hydrogen-bond donors (Lipinski definition) is 1. The summed E-state index contributed by atoms with van der Waals surface area (Å²) in [6.07, 6.45) is -3.98. The number of methoxy groups -OCH3 is 1. The van der Waals surface area contributed by atoms with E-state index in [9.17, 15) is 27.6 Å². The Labute approximate surface area is 164 Å². The first-order valence-corrected chi connectivity index (χ1v) is 8.70. The van der Waals surface area contributed by atoms with E-state index in [2.05, 4.69) is 5.32 Å². The van der Waals surface area contributed by atoms with Gasteiger partial charge in [-0.05, 0) is 48.9 Å². The van der Waals surface area contributed by atoms with Crippen molar-refractivity contribution in [1.82, 2.24) is 4.90 Å². The summed E-state index contributed by atoms with van der Waals surface area (Å²) in [5.41, 5.74) is -0.215. The zero-order valence-corrected chi connectivity index (χ0v) is 15.4.